The summed E-state index contributed by atoms with van der Waals surface area (Å²) in [6.07, 6.45) is 8.28. The number of carbonyl (C=O) groups is 1. The Hall–Kier alpha value is -0.220. The summed E-state index contributed by atoms with van der Waals surface area (Å²) in [5.74, 6) is 0.319. The van der Waals surface area contributed by atoms with E-state index < -0.39 is 0 Å². The fraction of sp³-hybridized carbons (Fsp3) is 0.923. The van der Waals surface area contributed by atoms with Gasteiger partial charge in [0.1, 0.15) is 0 Å². The van der Waals surface area contributed by atoms with Crippen LogP contribution >= 0.6 is 11.8 Å². The van der Waals surface area contributed by atoms with Gasteiger partial charge in [-0.25, -0.2) is 0 Å². The predicted octanol–water partition coefficient (Wildman–Crippen LogP) is 2.22. The maximum atomic E-state index is 12.3. The number of rotatable bonds is 5. The van der Waals surface area contributed by atoms with Gasteiger partial charge in [-0.15, -0.1) is 0 Å². The minimum Gasteiger partial charge on any atom is -0.325 e. The molecule has 0 aromatic carbocycles. The largest absolute Gasteiger partial charge is 0.325 e. The molecule has 98 valence electrons. The van der Waals surface area contributed by atoms with Crippen LogP contribution in [0.2, 0.25) is 0 Å². The van der Waals surface area contributed by atoms with Gasteiger partial charge in [0.05, 0.1) is 12.2 Å². The average molecular weight is 256 g/mol. The molecule has 2 rings (SSSR count). The van der Waals surface area contributed by atoms with Crippen molar-refractivity contribution in [1.29, 1.82) is 0 Å². The number of thioether (sulfide) groups is 1. The zero-order chi connectivity index (χ0) is 12.5. The number of amides is 1. The summed E-state index contributed by atoms with van der Waals surface area (Å²) < 4.78 is 0.354. The Balaban J connectivity index is 1.98. The molecule has 0 aromatic rings. The molecule has 1 heterocycles. The van der Waals surface area contributed by atoms with Gasteiger partial charge in [0.2, 0.25) is 5.91 Å². The zero-order valence-electron chi connectivity index (χ0n) is 11.2. The lowest BCUT2D eigenvalue weighted by atomic mass is 9.83. The topological polar surface area (TPSA) is 32.3 Å². The van der Waals surface area contributed by atoms with E-state index in [1.807, 2.05) is 11.8 Å². The lowest BCUT2D eigenvalue weighted by molar-refractivity contribution is -0.130. The Kier molecular flexibility index (Phi) is 4.03. The third-order valence-corrected chi connectivity index (χ3v) is 5.63. The summed E-state index contributed by atoms with van der Waals surface area (Å²) in [7, 11) is 0. The smallest absolute Gasteiger partial charge is 0.241 e. The predicted molar refractivity (Wildman–Crippen MR) is 73.1 cm³/mol. The van der Waals surface area contributed by atoms with E-state index in [0.717, 1.165) is 19.4 Å². The highest BCUT2D eigenvalue weighted by molar-refractivity contribution is 8.00. The molecule has 3 nitrogen and oxygen atoms in total. The van der Waals surface area contributed by atoms with Crippen molar-refractivity contribution < 1.29 is 4.79 Å². The highest BCUT2D eigenvalue weighted by Gasteiger charge is 2.44. The maximum absolute atomic E-state index is 12.3. The molecule has 17 heavy (non-hydrogen) atoms. The van der Waals surface area contributed by atoms with Crippen molar-refractivity contribution in [1.82, 2.24) is 10.2 Å². The number of hydrogen-bond donors (Lipinski definition) is 1. The minimum atomic E-state index is 0.0639. The van der Waals surface area contributed by atoms with Crippen LogP contribution in [0.1, 0.15) is 46.0 Å². The van der Waals surface area contributed by atoms with Crippen LogP contribution in [-0.4, -0.2) is 40.6 Å². The summed E-state index contributed by atoms with van der Waals surface area (Å²) in [5.41, 5.74) is 0. The van der Waals surface area contributed by atoms with Crippen molar-refractivity contribution in [2.45, 2.75) is 62.9 Å². The molecule has 1 saturated heterocycles. The number of nitrogens with one attached hydrogen (secondary N) is 1. The fourth-order valence-electron chi connectivity index (χ4n) is 2.86. The van der Waals surface area contributed by atoms with E-state index in [4.69, 9.17) is 0 Å². The molecular weight excluding hydrogens is 232 g/mol. The van der Waals surface area contributed by atoms with E-state index in [0.29, 0.717) is 10.7 Å². The first-order valence-corrected chi connectivity index (χ1v) is 7.96. The molecule has 2 fully saturated rings. The van der Waals surface area contributed by atoms with Gasteiger partial charge in [-0.1, -0.05) is 19.8 Å². The Morgan fingerprint density at radius 3 is 2.71 bits per heavy atom. The van der Waals surface area contributed by atoms with E-state index in [1.54, 1.807) is 0 Å². The molecule has 2 aliphatic rings. The standard InChI is InChI=1S/C13H24N2OS/c1-4-6-11-12(16)15(10(2)14-11)9-13(17-3)7-5-8-13/h10-11,14H,4-9H2,1-3H3. The van der Waals surface area contributed by atoms with Crippen LogP contribution < -0.4 is 5.32 Å². The Morgan fingerprint density at radius 1 is 1.53 bits per heavy atom. The van der Waals surface area contributed by atoms with Crippen LogP contribution in [0.3, 0.4) is 0 Å². The monoisotopic (exact) mass is 256 g/mol. The Bertz CT molecular complexity index is 286. The summed E-state index contributed by atoms with van der Waals surface area (Å²) in [5, 5.41) is 3.42. The first kappa shape index (κ1) is 13.2. The maximum Gasteiger partial charge on any atom is 0.241 e. The van der Waals surface area contributed by atoms with Crippen LogP contribution in [0, 0.1) is 0 Å². The van der Waals surface area contributed by atoms with Crippen LogP contribution in [0.5, 0.6) is 0 Å². The van der Waals surface area contributed by atoms with Crippen LogP contribution in [0.4, 0.5) is 0 Å². The van der Waals surface area contributed by atoms with Crippen molar-refractivity contribution in [2.75, 3.05) is 12.8 Å². The highest BCUT2D eigenvalue weighted by Crippen LogP contribution is 2.44. The van der Waals surface area contributed by atoms with Crippen molar-refractivity contribution in [3.8, 4) is 0 Å². The second kappa shape index (κ2) is 5.19. The number of hydrogen-bond acceptors (Lipinski definition) is 3. The van der Waals surface area contributed by atoms with Crippen molar-refractivity contribution in [3.05, 3.63) is 0 Å². The fourth-order valence-corrected chi connectivity index (χ4v) is 3.83. The average Bonchev–Trinajstić information content (AvgIpc) is 2.51. The Morgan fingerprint density at radius 2 is 2.24 bits per heavy atom. The van der Waals surface area contributed by atoms with Gasteiger partial charge < -0.3 is 4.90 Å². The van der Waals surface area contributed by atoms with Gasteiger partial charge in [0.15, 0.2) is 0 Å². The van der Waals surface area contributed by atoms with Crippen molar-refractivity contribution in [2.24, 2.45) is 0 Å². The second-order valence-electron chi connectivity index (χ2n) is 5.39. The van der Waals surface area contributed by atoms with Gasteiger partial charge >= 0.3 is 0 Å². The van der Waals surface area contributed by atoms with Crippen molar-refractivity contribution >= 4 is 17.7 Å². The highest BCUT2D eigenvalue weighted by atomic mass is 32.2. The number of carbonyl (C=O) groups excluding carboxylic acids is 1. The lowest BCUT2D eigenvalue weighted by Crippen LogP contribution is -2.49. The summed E-state index contributed by atoms with van der Waals surface area (Å²) >= 11 is 1.94. The molecule has 0 radical (unpaired) electrons. The molecule has 0 aromatic heterocycles. The van der Waals surface area contributed by atoms with E-state index in [2.05, 4.69) is 30.3 Å². The van der Waals surface area contributed by atoms with Crippen LogP contribution in [-0.2, 0) is 4.79 Å². The van der Waals surface area contributed by atoms with E-state index in [9.17, 15) is 4.79 Å². The summed E-state index contributed by atoms with van der Waals surface area (Å²) in [4.78, 5) is 14.4. The molecule has 1 aliphatic carbocycles. The Labute approximate surface area is 109 Å². The normalized spacial score (nSPS) is 31.7. The third-order valence-electron chi connectivity index (χ3n) is 4.22. The molecule has 1 N–H and O–H groups in total. The van der Waals surface area contributed by atoms with Gasteiger partial charge in [0, 0.05) is 11.3 Å². The molecule has 2 unspecified atom stereocenters. The SMILES string of the molecule is CCCC1NC(C)N(CC2(SC)CCC2)C1=O. The third kappa shape index (κ3) is 2.48. The molecule has 1 aliphatic heterocycles. The van der Waals surface area contributed by atoms with Crippen LogP contribution in [0.25, 0.3) is 0 Å². The number of nitrogens with zero attached hydrogens (tertiary/aromatic N) is 1. The van der Waals surface area contributed by atoms with Gasteiger partial charge in [-0.2, -0.15) is 11.8 Å². The molecule has 2 atom stereocenters. The molecule has 0 spiro atoms. The second-order valence-corrected chi connectivity index (χ2v) is 6.67. The van der Waals surface area contributed by atoms with E-state index >= 15 is 0 Å². The quantitative estimate of drug-likeness (QED) is 0.818. The minimum absolute atomic E-state index is 0.0639. The van der Waals surface area contributed by atoms with Gasteiger partial charge in [-0.05, 0) is 32.4 Å². The van der Waals surface area contributed by atoms with Crippen LogP contribution in [0.15, 0.2) is 0 Å². The molecule has 1 amide bonds. The summed E-state index contributed by atoms with van der Waals surface area (Å²) in [6, 6.07) is 0.0639. The lowest BCUT2D eigenvalue weighted by Gasteiger charge is -2.43. The zero-order valence-corrected chi connectivity index (χ0v) is 12.0. The van der Waals surface area contributed by atoms with E-state index in [1.165, 1.54) is 19.3 Å². The first-order chi connectivity index (χ1) is 8.12. The molecule has 1 saturated carbocycles. The molecular formula is C13H24N2OS. The van der Waals surface area contributed by atoms with E-state index in [-0.39, 0.29) is 12.2 Å². The van der Waals surface area contributed by atoms with Crippen molar-refractivity contribution in [3.63, 3.8) is 0 Å². The van der Waals surface area contributed by atoms with Gasteiger partial charge in [-0.3, -0.25) is 10.1 Å². The molecule has 0 bridgehead atoms. The molecule has 4 heteroatoms. The first-order valence-electron chi connectivity index (χ1n) is 6.73. The summed E-state index contributed by atoms with van der Waals surface area (Å²) in [6.45, 7) is 5.18. The van der Waals surface area contributed by atoms with Gasteiger partial charge in [0.25, 0.3) is 0 Å².